The molecule has 7 nitrogen and oxygen atoms in total. The van der Waals surface area contributed by atoms with Gasteiger partial charge in [0.05, 0.1) is 11.2 Å². The van der Waals surface area contributed by atoms with Gasteiger partial charge in [-0.2, -0.15) is 0 Å². The average molecular weight is 306 g/mol. The van der Waals surface area contributed by atoms with Crippen LogP contribution in [0.3, 0.4) is 0 Å². The number of hydrogen-bond acceptors (Lipinski definition) is 6. The minimum absolute atomic E-state index is 0.661. The molecule has 0 aromatic carbocycles. The van der Waals surface area contributed by atoms with Crippen LogP contribution in [0.4, 0.5) is 0 Å². The van der Waals surface area contributed by atoms with Gasteiger partial charge in [-0.15, -0.1) is 0 Å². The van der Waals surface area contributed by atoms with Gasteiger partial charge in [0.25, 0.3) is 0 Å². The van der Waals surface area contributed by atoms with Crippen molar-refractivity contribution in [1.29, 1.82) is 0 Å². The van der Waals surface area contributed by atoms with Crippen molar-refractivity contribution in [1.82, 2.24) is 0 Å². The molecule has 1 aliphatic heterocycles. The number of aliphatic hydroxyl groups excluding tert-OH is 2. The SMILES string of the molecule is CC(C)(C)O[C@@H]1OC(C(=O)O)[C@@H](OC(C)(C)C)[C@@H](O)C1O. The van der Waals surface area contributed by atoms with E-state index < -0.39 is 47.9 Å². The quantitative estimate of drug-likeness (QED) is 0.698. The van der Waals surface area contributed by atoms with E-state index in [0.717, 1.165) is 0 Å². The van der Waals surface area contributed by atoms with Crippen LogP contribution in [-0.4, -0.2) is 63.2 Å². The van der Waals surface area contributed by atoms with E-state index in [-0.39, 0.29) is 0 Å². The molecule has 5 atom stereocenters. The summed E-state index contributed by atoms with van der Waals surface area (Å²) in [5, 5.41) is 29.6. The van der Waals surface area contributed by atoms with Crippen LogP contribution < -0.4 is 0 Å². The van der Waals surface area contributed by atoms with Crippen molar-refractivity contribution in [3.8, 4) is 0 Å². The molecule has 1 rings (SSSR count). The molecule has 1 fully saturated rings. The largest absolute Gasteiger partial charge is 0.479 e. The van der Waals surface area contributed by atoms with Gasteiger partial charge in [0, 0.05) is 0 Å². The van der Waals surface area contributed by atoms with E-state index in [2.05, 4.69) is 0 Å². The second-order valence-corrected chi connectivity index (χ2v) is 7.17. The molecule has 1 aliphatic rings. The van der Waals surface area contributed by atoms with Crippen molar-refractivity contribution < 1.29 is 34.3 Å². The summed E-state index contributed by atoms with van der Waals surface area (Å²) in [4.78, 5) is 11.4. The minimum Gasteiger partial charge on any atom is -0.479 e. The first kappa shape index (κ1) is 18.3. The highest BCUT2D eigenvalue weighted by molar-refractivity contribution is 5.73. The second kappa shape index (κ2) is 6.18. The number of aliphatic carboxylic acids is 1. The highest BCUT2D eigenvalue weighted by Gasteiger charge is 2.50. The molecule has 0 radical (unpaired) electrons. The van der Waals surface area contributed by atoms with Crippen LogP contribution in [-0.2, 0) is 19.0 Å². The Hall–Kier alpha value is -0.730. The monoisotopic (exact) mass is 306 g/mol. The van der Waals surface area contributed by atoms with Crippen LogP contribution in [0.1, 0.15) is 41.5 Å². The second-order valence-electron chi connectivity index (χ2n) is 7.17. The number of hydrogen-bond donors (Lipinski definition) is 3. The topological polar surface area (TPSA) is 105 Å². The average Bonchev–Trinajstić information content (AvgIpc) is 2.25. The zero-order valence-electron chi connectivity index (χ0n) is 13.4. The molecule has 1 heterocycles. The number of carboxylic acid groups (broad SMARTS) is 1. The van der Waals surface area contributed by atoms with Crippen LogP contribution in [0.5, 0.6) is 0 Å². The first-order valence-electron chi connectivity index (χ1n) is 6.92. The van der Waals surface area contributed by atoms with E-state index in [1.807, 2.05) is 0 Å². The number of carboxylic acids is 1. The Balaban J connectivity index is 2.97. The van der Waals surface area contributed by atoms with Gasteiger partial charge >= 0.3 is 5.97 Å². The van der Waals surface area contributed by atoms with Crippen LogP contribution in [0, 0.1) is 0 Å². The molecule has 0 amide bonds. The summed E-state index contributed by atoms with van der Waals surface area (Å²) in [5.41, 5.74) is -1.35. The van der Waals surface area contributed by atoms with Crippen LogP contribution in [0.25, 0.3) is 0 Å². The summed E-state index contributed by atoms with van der Waals surface area (Å²) in [7, 11) is 0. The Labute approximate surface area is 124 Å². The van der Waals surface area contributed by atoms with Gasteiger partial charge in [0.2, 0.25) is 0 Å². The van der Waals surface area contributed by atoms with Crippen molar-refractivity contribution >= 4 is 5.97 Å². The molecule has 0 saturated carbocycles. The predicted molar refractivity (Wildman–Crippen MR) is 73.8 cm³/mol. The van der Waals surface area contributed by atoms with E-state index in [1.54, 1.807) is 41.5 Å². The van der Waals surface area contributed by atoms with Crippen molar-refractivity contribution in [2.75, 3.05) is 0 Å². The first-order valence-corrected chi connectivity index (χ1v) is 6.92. The molecule has 1 saturated heterocycles. The number of ether oxygens (including phenoxy) is 3. The van der Waals surface area contributed by atoms with Gasteiger partial charge in [0.15, 0.2) is 12.4 Å². The summed E-state index contributed by atoms with van der Waals surface area (Å²) < 4.78 is 16.3. The molecule has 2 unspecified atom stereocenters. The van der Waals surface area contributed by atoms with Gasteiger partial charge in [0.1, 0.15) is 18.3 Å². The molecular formula is C14H26O7. The van der Waals surface area contributed by atoms with Crippen molar-refractivity contribution in [3.63, 3.8) is 0 Å². The standard InChI is InChI=1S/C14H26O7/c1-13(2,3)20-9-7(15)8(16)12(21-14(4,5)6)19-10(9)11(17)18/h7-10,12,15-16H,1-6H3,(H,17,18)/t7-,8?,9-,10?,12-/m0/s1. The molecule has 0 aromatic rings. The lowest BCUT2D eigenvalue weighted by Crippen LogP contribution is -2.63. The van der Waals surface area contributed by atoms with E-state index in [1.165, 1.54) is 0 Å². The molecule has 0 aromatic heterocycles. The van der Waals surface area contributed by atoms with Gasteiger partial charge in [-0.05, 0) is 41.5 Å². The highest BCUT2D eigenvalue weighted by atomic mass is 16.7. The molecule has 124 valence electrons. The van der Waals surface area contributed by atoms with Gasteiger partial charge < -0.3 is 29.5 Å². The summed E-state index contributed by atoms with van der Waals surface area (Å²) in [6, 6.07) is 0. The number of aliphatic hydroxyl groups is 2. The smallest absolute Gasteiger partial charge is 0.335 e. The first-order chi connectivity index (χ1) is 9.32. The molecule has 0 spiro atoms. The highest BCUT2D eigenvalue weighted by Crippen LogP contribution is 2.29. The third-order valence-corrected chi connectivity index (χ3v) is 2.75. The number of carbonyl (C=O) groups is 1. The Bertz CT molecular complexity index is 368. The Morgan fingerprint density at radius 1 is 0.952 bits per heavy atom. The van der Waals surface area contributed by atoms with Crippen LogP contribution in [0.15, 0.2) is 0 Å². The van der Waals surface area contributed by atoms with E-state index >= 15 is 0 Å². The van der Waals surface area contributed by atoms with Crippen molar-refractivity contribution in [2.24, 2.45) is 0 Å². The molecule has 0 bridgehead atoms. The number of rotatable bonds is 3. The maximum atomic E-state index is 11.4. The third kappa shape index (κ3) is 5.19. The van der Waals surface area contributed by atoms with Crippen molar-refractivity contribution in [3.05, 3.63) is 0 Å². The molecule has 21 heavy (non-hydrogen) atoms. The minimum atomic E-state index is -1.42. The fraction of sp³-hybridized carbons (Fsp3) is 0.929. The van der Waals surface area contributed by atoms with Crippen LogP contribution >= 0.6 is 0 Å². The fourth-order valence-corrected chi connectivity index (χ4v) is 2.02. The molecular weight excluding hydrogens is 280 g/mol. The Morgan fingerprint density at radius 3 is 1.81 bits per heavy atom. The Morgan fingerprint density at radius 2 is 1.43 bits per heavy atom. The van der Waals surface area contributed by atoms with Crippen LogP contribution in [0.2, 0.25) is 0 Å². The van der Waals surface area contributed by atoms with Gasteiger partial charge in [-0.3, -0.25) is 0 Å². The maximum absolute atomic E-state index is 11.4. The molecule has 7 heteroatoms. The van der Waals surface area contributed by atoms with E-state index in [9.17, 15) is 20.1 Å². The lowest BCUT2D eigenvalue weighted by molar-refractivity contribution is -0.326. The zero-order chi connectivity index (χ0) is 16.6. The third-order valence-electron chi connectivity index (χ3n) is 2.75. The zero-order valence-corrected chi connectivity index (χ0v) is 13.4. The summed E-state index contributed by atoms with van der Waals surface area (Å²) in [6.07, 6.45) is -6.66. The van der Waals surface area contributed by atoms with Crippen molar-refractivity contribution in [2.45, 2.75) is 83.5 Å². The van der Waals surface area contributed by atoms with E-state index in [4.69, 9.17) is 14.2 Å². The maximum Gasteiger partial charge on any atom is 0.335 e. The molecule has 0 aliphatic carbocycles. The summed E-state index contributed by atoms with van der Waals surface area (Å²) >= 11 is 0. The van der Waals surface area contributed by atoms with Gasteiger partial charge in [-0.25, -0.2) is 4.79 Å². The van der Waals surface area contributed by atoms with E-state index in [0.29, 0.717) is 0 Å². The lowest BCUT2D eigenvalue weighted by atomic mass is 9.97. The predicted octanol–water partition coefficient (Wildman–Crippen LogP) is 0.516. The summed E-state index contributed by atoms with van der Waals surface area (Å²) in [5.74, 6) is -1.28. The lowest BCUT2D eigenvalue weighted by Gasteiger charge is -2.44. The fourth-order valence-electron chi connectivity index (χ4n) is 2.02. The van der Waals surface area contributed by atoms with Gasteiger partial charge in [-0.1, -0.05) is 0 Å². The Kier molecular flexibility index (Phi) is 5.39. The summed E-state index contributed by atoms with van der Waals surface area (Å²) in [6.45, 7) is 10.4. The normalized spacial score (nSPS) is 34.8. The molecule has 3 N–H and O–H groups in total.